The Hall–Kier alpha value is -3.18. The lowest BCUT2D eigenvalue weighted by Gasteiger charge is -2.23. The molecule has 3 aromatic rings. The zero-order chi connectivity index (χ0) is 19.4. The molecule has 2 heterocycles. The summed E-state index contributed by atoms with van der Waals surface area (Å²) in [4.78, 5) is 27.3. The molecule has 0 aliphatic carbocycles. The van der Waals surface area contributed by atoms with E-state index in [1.807, 2.05) is 43.5 Å². The van der Waals surface area contributed by atoms with Gasteiger partial charge in [0.2, 0.25) is 5.91 Å². The molecule has 2 aromatic heterocycles. The van der Waals surface area contributed by atoms with Crippen LogP contribution in [0.25, 0.3) is 10.7 Å². The first kappa shape index (κ1) is 18.6. The van der Waals surface area contributed by atoms with Crippen molar-refractivity contribution in [2.45, 2.75) is 26.8 Å². The minimum absolute atomic E-state index is 0.190. The first-order chi connectivity index (χ1) is 13.0. The van der Waals surface area contributed by atoms with E-state index in [4.69, 9.17) is 9.78 Å². The number of aryl methyl sites for hydroxylation is 2. The van der Waals surface area contributed by atoms with E-state index in [1.54, 1.807) is 6.07 Å². The number of benzene rings is 1. The van der Waals surface area contributed by atoms with Crippen LogP contribution >= 0.6 is 11.3 Å². The van der Waals surface area contributed by atoms with Gasteiger partial charge in [-0.15, -0.1) is 11.3 Å². The zero-order valence-corrected chi connectivity index (χ0v) is 15.8. The Balaban J connectivity index is 1.93. The average Bonchev–Trinajstić information content (AvgIpc) is 3.25. The van der Waals surface area contributed by atoms with Gasteiger partial charge in [0.25, 0.3) is 0 Å². The summed E-state index contributed by atoms with van der Waals surface area (Å²) in [6.45, 7) is 3.92. The van der Waals surface area contributed by atoms with Gasteiger partial charge in [-0.1, -0.05) is 17.3 Å². The number of hydrogen-bond donors (Lipinski definition) is 0. The van der Waals surface area contributed by atoms with Crippen molar-refractivity contribution >= 4 is 22.9 Å². The summed E-state index contributed by atoms with van der Waals surface area (Å²) < 4.78 is 5.98. The predicted octanol–water partition coefficient (Wildman–Crippen LogP) is 3.13. The molecular weight excluding hydrogens is 364 g/mol. The van der Waals surface area contributed by atoms with E-state index in [-0.39, 0.29) is 25.4 Å². The number of carbonyl (C=O) groups is 1. The molecule has 0 unspecified atom stereocenters. The van der Waals surface area contributed by atoms with Crippen molar-refractivity contribution in [1.82, 2.24) is 9.72 Å². The Morgan fingerprint density at radius 3 is 2.70 bits per heavy atom. The van der Waals surface area contributed by atoms with Crippen LogP contribution in [0, 0.1) is 25.2 Å². The van der Waals surface area contributed by atoms with Crippen LogP contribution in [-0.2, 0) is 11.3 Å². The number of nitriles is 1. The molecular formula is C19H18N4O3S. The summed E-state index contributed by atoms with van der Waals surface area (Å²) in [5, 5.41) is 14.6. The Morgan fingerprint density at radius 1 is 1.33 bits per heavy atom. The highest BCUT2D eigenvalue weighted by Crippen LogP contribution is 2.23. The number of thiophene rings is 1. The molecule has 0 saturated heterocycles. The van der Waals surface area contributed by atoms with E-state index in [0.29, 0.717) is 11.5 Å². The van der Waals surface area contributed by atoms with Gasteiger partial charge in [0.05, 0.1) is 17.4 Å². The van der Waals surface area contributed by atoms with E-state index in [0.717, 1.165) is 16.0 Å². The summed E-state index contributed by atoms with van der Waals surface area (Å²) in [6.07, 6.45) is 0.190. The van der Waals surface area contributed by atoms with Gasteiger partial charge in [-0.3, -0.25) is 9.32 Å². The van der Waals surface area contributed by atoms with Crippen molar-refractivity contribution in [3.63, 3.8) is 0 Å². The van der Waals surface area contributed by atoms with Crippen LogP contribution < -0.4 is 10.7 Å². The van der Waals surface area contributed by atoms with Gasteiger partial charge >= 0.3 is 5.76 Å². The van der Waals surface area contributed by atoms with Crippen LogP contribution in [0.4, 0.5) is 5.69 Å². The van der Waals surface area contributed by atoms with E-state index >= 15 is 0 Å². The van der Waals surface area contributed by atoms with Gasteiger partial charge in [-0.25, -0.2) is 9.36 Å². The third kappa shape index (κ3) is 4.15. The molecule has 3 rings (SSSR count). The van der Waals surface area contributed by atoms with E-state index in [9.17, 15) is 9.59 Å². The first-order valence-electron chi connectivity index (χ1n) is 8.35. The molecule has 0 atom stereocenters. The monoisotopic (exact) mass is 382 g/mol. The van der Waals surface area contributed by atoms with Gasteiger partial charge in [-0.05, 0) is 48.6 Å². The van der Waals surface area contributed by atoms with Crippen molar-refractivity contribution in [2.75, 3.05) is 11.4 Å². The molecule has 0 fully saturated rings. The Morgan fingerprint density at radius 2 is 2.07 bits per heavy atom. The molecule has 0 saturated carbocycles. The fourth-order valence-electron chi connectivity index (χ4n) is 2.88. The minimum Gasteiger partial charge on any atom is -0.310 e. The number of rotatable bonds is 6. The fraction of sp³-hybridized carbons (Fsp3) is 0.263. The second kappa shape index (κ2) is 8.01. The number of amides is 1. The molecule has 0 aliphatic rings. The standard InChI is InChI=1S/C19H18N4O3S/c1-13-9-14(2)11-15(10-13)22(7-4-6-20)17(24)12-23-18(21-26-19(23)25)16-5-3-8-27-16/h3,5,8-11H,4,7,12H2,1-2H3. The topological polar surface area (TPSA) is 92.1 Å². The van der Waals surface area contributed by atoms with Crippen LogP contribution in [0.1, 0.15) is 17.5 Å². The first-order valence-corrected chi connectivity index (χ1v) is 9.23. The van der Waals surface area contributed by atoms with Crippen LogP contribution in [0.2, 0.25) is 0 Å². The van der Waals surface area contributed by atoms with E-state index < -0.39 is 5.76 Å². The number of aromatic nitrogens is 2. The summed E-state index contributed by atoms with van der Waals surface area (Å²) in [6, 6.07) is 11.5. The van der Waals surface area contributed by atoms with E-state index in [1.165, 1.54) is 20.8 Å². The Kier molecular flexibility index (Phi) is 5.52. The van der Waals surface area contributed by atoms with Crippen LogP contribution in [0.3, 0.4) is 0 Å². The summed E-state index contributed by atoms with van der Waals surface area (Å²) in [5.74, 6) is -0.672. The third-order valence-corrected chi connectivity index (χ3v) is 4.85. The van der Waals surface area contributed by atoms with Gasteiger partial charge in [-0.2, -0.15) is 5.26 Å². The molecule has 0 radical (unpaired) electrons. The van der Waals surface area contributed by atoms with Crippen molar-refractivity contribution in [3.8, 4) is 16.8 Å². The predicted molar refractivity (Wildman–Crippen MR) is 103 cm³/mol. The molecule has 1 aromatic carbocycles. The maximum absolute atomic E-state index is 13.0. The lowest BCUT2D eigenvalue weighted by atomic mass is 10.1. The molecule has 7 nitrogen and oxygen atoms in total. The number of anilines is 1. The average molecular weight is 382 g/mol. The van der Waals surface area contributed by atoms with Crippen LogP contribution in [-0.4, -0.2) is 22.2 Å². The molecule has 0 bridgehead atoms. The maximum atomic E-state index is 13.0. The molecule has 27 heavy (non-hydrogen) atoms. The van der Waals surface area contributed by atoms with Gasteiger partial charge in [0, 0.05) is 12.2 Å². The SMILES string of the molecule is Cc1cc(C)cc(N(CCC#N)C(=O)Cn2c(-c3cccs3)noc2=O)c1. The largest absolute Gasteiger partial charge is 0.442 e. The molecule has 8 heteroatoms. The second-order valence-electron chi connectivity index (χ2n) is 6.13. The van der Waals surface area contributed by atoms with Crippen LogP contribution in [0.5, 0.6) is 0 Å². The fourth-order valence-corrected chi connectivity index (χ4v) is 3.59. The van der Waals surface area contributed by atoms with Crippen molar-refractivity contribution in [2.24, 2.45) is 0 Å². The number of carbonyl (C=O) groups excluding carboxylic acids is 1. The molecule has 0 aliphatic heterocycles. The van der Waals surface area contributed by atoms with Gasteiger partial charge < -0.3 is 4.90 Å². The molecule has 0 spiro atoms. The third-order valence-electron chi connectivity index (χ3n) is 3.99. The minimum atomic E-state index is -0.688. The second-order valence-corrected chi connectivity index (χ2v) is 7.08. The van der Waals surface area contributed by atoms with Crippen molar-refractivity contribution < 1.29 is 9.32 Å². The summed E-state index contributed by atoms with van der Waals surface area (Å²) >= 11 is 1.40. The zero-order valence-electron chi connectivity index (χ0n) is 15.0. The summed E-state index contributed by atoms with van der Waals surface area (Å²) in [7, 11) is 0. The highest BCUT2D eigenvalue weighted by Gasteiger charge is 2.21. The van der Waals surface area contributed by atoms with Crippen molar-refractivity contribution in [1.29, 1.82) is 5.26 Å². The highest BCUT2D eigenvalue weighted by atomic mass is 32.1. The Labute approximate surface area is 160 Å². The number of hydrogen-bond acceptors (Lipinski definition) is 6. The Bertz CT molecular complexity index is 1020. The normalized spacial score (nSPS) is 10.6. The molecule has 1 amide bonds. The lowest BCUT2D eigenvalue weighted by Crippen LogP contribution is -2.36. The maximum Gasteiger partial charge on any atom is 0.442 e. The van der Waals surface area contributed by atoms with Crippen molar-refractivity contribution in [3.05, 3.63) is 57.4 Å². The molecule has 0 N–H and O–H groups in total. The van der Waals surface area contributed by atoms with Gasteiger partial charge in [0.1, 0.15) is 6.54 Å². The van der Waals surface area contributed by atoms with Gasteiger partial charge in [0.15, 0.2) is 5.82 Å². The highest BCUT2D eigenvalue weighted by molar-refractivity contribution is 7.13. The lowest BCUT2D eigenvalue weighted by molar-refractivity contribution is -0.119. The smallest absolute Gasteiger partial charge is 0.310 e. The number of nitrogens with zero attached hydrogens (tertiary/aromatic N) is 4. The summed E-state index contributed by atoms with van der Waals surface area (Å²) in [5.41, 5.74) is 2.73. The van der Waals surface area contributed by atoms with E-state index in [2.05, 4.69) is 11.2 Å². The molecule has 138 valence electrons. The quantitative estimate of drug-likeness (QED) is 0.653. The van der Waals surface area contributed by atoms with Crippen LogP contribution in [0.15, 0.2) is 45.0 Å².